The normalized spacial score (nSPS) is 11.2. The standard InChI is InChI=1S/C17H15N5S/c1-11-10-13-15(19-11)20-14(12-6-4-3-5-7-12)21-16(13)23-17-18-8-9-22(17)2/h3-10H,1-2H3,(H,19,20,21). The van der Waals surface area contributed by atoms with Gasteiger partial charge in [-0.2, -0.15) is 0 Å². The highest BCUT2D eigenvalue weighted by molar-refractivity contribution is 7.99. The van der Waals surface area contributed by atoms with Crippen molar-refractivity contribution in [3.05, 3.63) is 54.5 Å². The number of hydrogen-bond donors (Lipinski definition) is 1. The van der Waals surface area contributed by atoms with Crippen molar-refractivity contribution in [3.8, 4) is 11.4 Å². The molecule has 0 radical (unpaired) electrons. The van der Waals surface area contributed by atoms with Gasteiger partial charge in [0, 0.05) is 30.7 Å². The zero-order valence-electron chi connectivity index (χ0n) is 12.8. The maximum Gasteiger partial charge on any atom is 0.174 e. The summed E-state index contributed by atoms with van der Waals surface area (Å²) in [6.07, 6.45) is 3.72. The monoisotopic (exact) mass is 321 g/mol. The van der Waals surface area contributed by atoms with Gasteiger partial charge >= 0.3 is 0 Å². The van der Waals surface area contributed by atoms with E-state index in [0.717, 1.165) is 38.3 Å². The van der Waals surface area contributed by atoms with E-state index in [2.05, 4.69) is 21.0 Å². The van der Waals surface area contributed by atoms with Gasteiger partial charge in [-0.15, -0.1) is 0 Å². The fourth-order valence-electron chi connectivity index (χ4n) is 2.44. The van der Waals surface area contributed by atoms with E-state index in [1.165, 1.54) is 0 Å². The van der Waals surface area contributed by atoms with Crippen LogP contribution in [0.25, 0.3) is 22.4 Å². The van der Waals surface area contributed by atoms with E-state index in [4.69, 9.17) is 4.98 Å². The molecule has 0 saturated carbocycles. The third-order valence-corrected chi connectivity index (χ3v) is 4.66. The topological polar surface area (TPSA) is 59.4 Å². The molecule has 1 N–H and O–H groups in total. The highest BCUT2D eigenvalue weighted by atomic mass is 32.2. The Balaban J connectivity index is 1.89. The summed E-state index contributed by atoms with van der Waals surface area (Å²) >= 11 is 1.55. The lowest BCUT2D eigenvalue weighted by Gasteiger charge is -2.06. The minimum Gasteiger partial charge on any atom is -0.343 e. The highest BCUT2D eigenvalue weighted by Gasteiger charge is 2.14. The van der Waals surface area contributed by atoms with E-state index in [9.17, 15) is 0 Å². The Bertz CT molecular complexity index is 971. The average molecular weight is 321 g/mol. The molecule has 0 bridgehead atoms. The molecule has 0 saturated heterocycles. The van der Waals surface area contributed by atoms with Gasteiger partial charge in [-0.25, -0.2) is 15.0 Å². The summed E-state index contributed by atoms with van der Waals surface area (Å²) < 4.78 is 1.99. The van der Waals surface area contributed by atoms with Gasteiger partial charge in [0.25, 0.3) is 0 Å². The van der Waals surface area contributed by atoms with Crippen LogP contribution in [0, 0.1) is 6.92 Å². The predicted molar refractivity (Wildman–Crippen MR) is 91.4 cm³/mol. The van der Waals surface area contributed by atoms with Gasteiger partial charge < -0.3 is 9.55 Å². The second-order valence-corrected chi connectivity index (χ2v) is 6.31. The molecule has 23 heavy (non-hydrogen) atoms. The van der Waals surface area contributed by atoms with Crippen LogP contribution in [-0.4, -0.2) is 24.5 Å². The van der Waals surface area contributed by atoms with Crippen molar-refractivity contribution in [1.82, 2.24) is 24.5 Å². The SMILES string of the molecule is Cc1cc2c(Sc3nccn3C)nc(-c3ccccc3)nc2[nH]1. The molecule has 3 heterocycles. The molecule has 4 aromatic rings. The second kappa shape index (κ2) is 5.55. The van der Waals surface area contributed by atoms with Crippen molar-refractivity contribution in [3.63, 3.8) is 0 Å². The van der Waals surface area contributed by atoms with Gasteiger partial charge in [-0.1, -0.05) is 30.3 Å². The summed E-state index contributed by atoms with van der Waals surface area (Å²) in [6.45, 7) is 2.03. The number of rotatable bonds is 3. The van der Waals surface area contributed by atoms with E-state index in [1.54, 1.807) is 18.0 Å². The number of fused-ring (bicyclic) bond motifs is 1. The Morgan fingerprint density at radius 3 is 2.70 bits per heavy atom. The minimum absolute atomic E-state index is 0.719. The molecule has 0 aliphatic heterocycles. The van der Waals surface area contributed by atoms with Crippen LogP contribution in [0.2, 0.25) is 0 Å². The van der Waals surface area contributed by atoms with Crippen LogP contribution >= 0.6 is 11.8 Å². The van der Waals surface area contributed by atoms with Crippen LogP contribution in [0.1, 0.15) is 5.69 Å². The van der Waals surface area contributed by atoms with Crippen LogP contribution in [0.15, 0.2) is 59.0 Å². The van der Waals surface area contributed by atoms with Gasteiger partial charge in [-0.05, 0) is 24.8 Å². The minimum atomic E-state index is 0.719. The van der Waals surface area contributed by atoms with Gasteiger partial charge in [-0.3, -0.25) is 0 Å². The molecule has 0 aliphatic rings. The van der Waals surface area contributed by atoms with Crippen molar-refractivity contribution in [2.75, 3.05) is 0 Å². The predicted octanol–water partition coefficient (Wildman–Crippen LogP) is 3.82. The Kier molecular flexibility index (Phi) is 3.38. The number of nitrogens with zero attached hydrogens (tertiary/aromatic N) is 4. The van der Waals surface area contributed by atoms with Crippen molar-refractivity contribution in [2.24, 2.45) is 7.05 Å². The third-order valence-electron chi connectivity index (χ3n) is 3.58. The van der Waals surface area contributed by atoms with E-state index >= 15 is 0 Å². The van der Waals surface area contributed by atoms with E-state index < -0.39 is 0 Å². The van der Waals surface area contributed by atoms with Crippen LogP contribution in [0.3, 0.4) is 0 Å². The number of benzene rings is 1. The van der Waals surface area contributed by atoms with E-state index in [-0.39, 0.29) is 0 Å². The fourth-order valence-corrected chi connectivity index (χ4v) is 3.33. The Morgan fingerprint density at radius 2 is 1.96 bits per heavy atom. The number of aromatic nitrogens is 5. The smallest absolute Gasteiger partial charge is 0.174 e. The summed E-state index contributed by atoms with van der Waals surface area (Å²) in [5.74, 6) is 0.719. The molecule has 0 unspecified atom stereocenters. The van der Waals surface area contributed by atoms with Crippen LogP contribution in [0.5, 0.6) is 0 Å². The van der Waals surface area contributed by atoms with Crippen molar-refractivity contribution < 1.29 is 0 Å². The highest BCUT2D eigenvalue weighted by Crippen LogP contribution is 2.32. The molecule has 0 aliphatic carbocycles. The number of hydrogen-bond acceptors (Lipinski definition) is 4. The Morgan fingerprint density at radius 1 is 1.13 bits per heavy atom. The molecule has 6 heteroatoms. The first-order chi connectivity index (χ1) is 11.2. The van der Waals surface area contributed by atoms with E-state index in [0.29, 0.717) is 0 Å². The molecule has 5 nitrogen and oxygen atoms in total. The third kappa shape index (κ3) is 2.61. The maximum absolute atomic E-state index is 4.78. The summed E-state index contributed by atoms with van der Waals surface area (Å²) in [5.41, 5.74) is 2.93. The summed E-state index contributed by atoms with van der Waals surface area (Å²) in [7, 11) is 1.98. The fraction of sp³-hybridized carbons (Fsp3) is 0.118. The molecule has 0 spiro atoms. The lowest BCUT2D eigenvalue weighted by atomic mass is 10.2. The molecular weight excluding hydrogens is 306 g/mol. The largest absolute Gasteiger partial charge is 0.343 e. The average Bonchev–Trinajstić information content (AvgIpc) is 3.13. The van der Waals surface area contributed by atoms with E-state index in [1.807, 2.05) is 55.1 Å². The Hall–Kier alpha value is -2.60. The first-order valence-corrected chi connectivity index (χ1v) is 8.10. The van der Waals surface area contributed by atoms with Crippen molar-refractivity contribution in [2.45, 2.75) is 17.1 Å². The number of aryl methyl sites for hydroxylation is 2. The molecule has 0 fully saturated rings. The Labute approximate surface area is 137 Å². The van der Waals surface area contributed by atoms with Gasteiger partial charge in [0.15, 0.2) is 11.0 Å². The maximum atomic E-state index is 4.78. The molecule has 0 amide bonds. The van der Waals surface area contributed by atoms with Gasteiger partial charge in [0.1, 0.15) is 10.7 Å². The molecule has 4 rings (SSSR count). The second-order valence-electron chi connectivity index (χ2n) is 5.36. The van der Waals surface area contributed by atoms with Crippen molar-refractivity contribution >= 4 is 22.8 Å². The molecule has 114 valence electrons. The molecular formula is C17H15N5S. The number of nitrogens with one attached hydrogen (secondary N) is 1. The zero-order valence-corrected chi connectivity index (χ0v) is 13.6. The lowest BCUT2D eigenvalue weighted by Crippen LogP contribution is -1.95. The lowest BCUT2D eigenvalue weighted by molar-refractivity contribution is 0.789. The van der Waals surface area contributed by atoms with Gasteiger partial charge in [0.05, 0.1) is 5.39 Å². The molecule has 0 atom stereocenters. The molecule has 1 aromatic carbocycles. The molecule has 3 aromatic heterocycles. The first kappa shape index (κ1) is 14.0. The zero-order chi connectivity index (χ0) is 15.8. The quantitative estimate of drug-likeness (QED) is 0.583. The number of aromatic amines is 1. The van der Waals surface area contributed by atoms with Crippen LogP contribution < -0.4 is 0 Å². The van der Waals surface area contributed by atoms with Crippen molar-refractivity contribution in [1.29, 1.82) is 0 Å². The summed E-state index contributed by atoms with van der Waals surface area (Å²) in [6, 6.07) is 12.1. The number of H-pyrrole nitrogens is 1. The van der Waals surface area contributed by atoms with Gasteiger partial charge in [0.2, 0.25) is 0 Å². The first-order valence-electron chi connectivity index (χ1n) is 7.28. The summed E-state index contributed by atoms with van der Waals surface area (Å²) in [4.78, 5) is 17.1. The number of imidazole rings is 1. The van der Waals surface area contributed by atoms with Crippen LogP contribution in [-0.2, 0) is 7.05 Å². The van der Waals surface area contributed by atoms with Crippen LogP contribution in [0.4, 0.5) is 0 Å². The summed E-state index contributed by atoms with van der Waals surface area (Å²) in [5, 5.41) is 2.84.